The predicted molar refractivity (Wildman–Crippen MR) is 91.1 cm³/mol. The zero-order valence-electron chi connectivity index (χ0n) is 12.9. The van der Waals surface area contributed by atoms with E-state index in [9.17, 15) is 13.2 Å². The van der Waals surface area contributed by atoms with E-state index in [-0.39, 0.29) is 23.8 Å². The van der Waals surface area contributed by atoms with Crippen LogP contribution >= 0.6 is 11.3 Å². The number of sulfonamides is 1. The third-order valence-corrected chi connectivity index (χ3v) is 5.35. The van der Waals surface area contributed by atoms with Gasteiger partial charge in [-0.2, -0.15) is 0 Å². The molecule has 0 saturated carbocycles. The Morgan fingerprint density at radius 2 is 1.96 bits per heavy atom. The number of nitrogens with one attached hydrogen (secondary N) is 2. The minimum atomic E-state index is -3.60. The molecule has 1 aromatic carbocycles. The summed E-state index contributed by atoms with van der Waals surface area (Å²) in [4.78, 5) is 15.8. The minimum absolute atomic E-state index is 0.0332. The molecule has 1 heterocycles. The van der Waals surface area contributed by atoms with Crippen LogP contribution in [-0.2, 0) is 14.8 Å². The van der Waals surface area contributed by atoms with Crippen molar-refractivity contribution in [1.82, 2.24) is 9.71 Å². The number of anilines is 1. The van der Waals surface area contributed by atoms with Crippen molar-refractivity contribution in [1.29, 1.82) is 0 Å². The number of aromatic nitrogens is 1. The standard InChI is InChI=1S/C15H19N3O3S2/c1-11(2)12-3-5-13(6-4-12)23(20,21)17-8-7-14(19)18-15-16-9-10-22-15/h3-6,9-11,17H,7-8H2,1-2H3,(H,16,18,19). The van der Waals surface area contributed by atoms with Crippen molar-refractivity contribution in [3.05, 3.63) is 41.4 Å². The van der Waals surface area contributed by atoms with Crippen LogP contribution in [0.1, 0.15) is 31.7 Å². The predicted octanol–water partition coefficient (Wildman–Crippen LogP) is 2.57. The second kappa shape index (κ2) is 7.67. The molecule has 1 amide bonds. The third-order valence-electron chi connectivity index (χ3n) is 3.18. The molecule has 0 bridgehead atoms. The third kappa shape index (κ3) is 5.12. The van der Waals surface area contributed by atoms with E-state index in [1.807, 2.05) is 13.8 Å². The van der Waals surface area contributed by atoms with Crippen molar-refractivity contribution >= 4 is 32.4 Å². The summed E-state index contributed by atoms with van der Waals surface area (Å²) in [5, 5.41) is 4.85. The Kier molecular flexibility index (Phi) is 5.86. The van der Waals surface area contributed by atoms with Gasteiger partial charge in [0.25, 0.3) is 0 Å². The quantitative estimate of drug-likeness (QED) is 0.801. The molecule has 0 aliphatic rings. The lowest BCUT2D eigenvalue weighted by atomic mass is 10.0. The average Bonchev–Trinajstić information content (AvgIpc) is 3.00. The van der Waals surface area contributed by atoms with Crippen molar-refractivity contribution in [2.24, 2.45) is 0 Å². The van der Waals surface area contributed by atoms with Gasteiger partial charge in [-0.25, -0.2) is 18.1 Å². The van der Waals surface area contributed by atoms with Gasteiger partial charge in [-0.15, -0.1) is 11.3 Å². The molecular weight excluding hydrogens is 334 g/mol. The SMILES string of the molecule is CC(C)c1ccc(S(=O)(=O)NCCC(=O)Nc2nccs2)cc1. The smallest absolute Gasteiger partial charge is 0.240 e. The number of benzene rings is 1. The van der Waals surface area contributed by atoms with Gasteiger partial charge in [0.15, 0.2) is 5.13 Å². The summed E-state index contributed by atoms with van der Waals surface area (Å²) in [7, 11) is -3.60. The number of nitrogens with zero attached hydrogens (tertiary/aromatic N) is 1. The van der Waals surface area contributed by atoms with E-state index in [4.69, 9.17) is 0 Å². The molecule has 0 atom stereocenters. The van der Waals surface area contributed by atoms with Crippen LogP contribution in [0, 0.1) is 0 Å². The molecule has 1 aromatic heterocycles. The van der Waals surface area contributed by atoms with Gasteiger partial charge in [-0.1, -0.05) is 26.0 Å². The topological polar surface area (TPSA) is 88.2 Å². The largest absolute Gasteiger partial charge is 0.302 e. The fraction of sp³-hybridized carbons (Fsp3) is 0.333. The molecule has 124 valence electrons. The Hall–Kier alpha value is -1.77. The van der Waals surface area contributed by atoms with Gasteiger partial charge in [0.2, 0.25) is 15.9 Å². The minimum Gasteiger partial charge on any atom is -0.302 e. The highest BCUT2D eigenvalue weighted by atomic mass is 32.2. The number of hydrogen-bond acceptors (Lipinski definition) is 5. The van der Waals surface area contributed by atoms with Crippen LogP contribution in [0.3, 0.4) is 0 Å². The maximum atomic E-state index is 12.2. The van der Waals surface area contributed by atoms with Gasteiger partial charge in [-0.3, -0.25) is 4.79 Å². The molecule has 0 aliphatic carbocycles. The van der Waals surface area contributed by atoms with E-state index in [2.05, 4.69) is 15.0 Å². The number of carbonyl (C=O) groups excluding carboxylic acids is 1. The summed E-state index contributed by atoms with van der Waals surface area (Å²) in [5.41, 5.74) is 1.08. The normalized spacial score (nSPS) is 11.6. The van der Waals surface area contributed by atoms with E-state index in [0.29, 0.717) is 11.0 Å². The van der Waals surface area contributed by atoms with Gasteiger partial charge in [-0.05, 0) is 23.6 Å². The zero-order valence-corrected chi connectivity index (χ0v) is 14.6. The highest BCUT2D eigenvalue weighted by molar-refractivity contribution is 7.89. The van der Waals surface area contributed by atoms with Crippen LogP contribution in [0.2, 0.25) is 0 Å². The lowest BCUT2D eigenvalue weighted by Gasteiger charge is -2.09. The first-order valence-electron chi connectivity index (χ1n) is 7.17. The first-order chi connectivity index (χ1) is 10.9. The van der Waals surface area contributed by atoms with Gasteiger partial charge >= 0.3 is 0 Å². The molecular formula is C15H19N3O3S2. The van der Waals surface area contributed by atoms with Crippen LogP contribution in [-0.4, -0.2) is 25.9 Å². The Labute approximate surface area is 140 Å². The van der Waals surface area contributed by atoms with Gasteiger partial charge in [0, 0.05) is 24.5 Å². The van der Waals surface area contributed by atoms with Gasteiger partial charge in [0.05, 0.1) is 4.90 Å². The number of carbonyl (C=O) groups is 1. The Balaban J connectivity index is 1.87. The number of amides is 1. The van der Waals surface area contributed by atoms with Crippen molar-refractivity contribution in [2.45, 2.75) is 31.1 Å². The molecule has 0 unspecified atom stereocenters. The maximum Gasteiger partial charge on any atom is 0.240 e. The molecule has 23 heavy (non-hydrogen) atoms. The highest BCUT2D eigenvalue weighted by Gasteiger charge is 2.14. The van der Waals surface area contributed by atoms with Crippen molar-refractivity contribution < 1.29 is 13.2 Å². The fourth-order valence-electron chi connectivity index (χ4n) is 1.88. The van der Waals surface area contributed by atoms with Crippen LogP contribution in [0.25, 0.3) is 0 Å². The molecule has 0 radical (unpaired) electrons. The molecule has 0 saturated heterocycles. The molecule has 2 aromatic rings. The monoisotopic (exact) mass is 353 g/mol. The molecule has 8 heteroatoms. The first-order valence-corrected chi connectivity index (χ1v) is 9.54. The Morgan fingerprint density at radius 3 is 2.52 bits per heavy atom. The van der Waals surface area contributed by atoms with Crippen LogP contribution in [0.15, 0.2) is 40.7 Å². The Morgan fingerprint density at radius 1 is 1.26 bits per heavy atom. The number of thiazole rings is 1. The molecule has 0 aliphatic heterocycles. The van der Waals surface area contributed by atoms with Crippen molar-refractivity contribution in [3.8, 4) is 0 Å². The van der Waals surface area contributed by atoms with E-state index in [0.717, 1.165) is 5.56 Å². The van der Waals surface area contributed by atoms with E-state index < -0.39 is 10.0 Å². The summed E-state index contributed by atoms with van der Waals surface area (Å²) >= 11 is 1.31. The Bertz CT molecular complexity index is 739. The molecule has 0 fully saturated rings. The zero-order chi connectivity index (χ0) is 16.9. The van der Waals surface area contributed by atoms with E-state index in [1.165, 1.54) is 11.3 Å². The molecule has 0 spiro atoms. The molecule has 6 nitrogen and oxygen atoms in total. The van der Waals surface area contributed by atoms with Crippen molar-refractivity contribution in [2.75, 3.05) is 11.9 Å². The van der Waals surface area contributed by atoms with Crippen LogP contribution < -0.4 is 10.0 Å². The summed E-state index contributed by atoms with van der Waals surface area (Å²) in [6, 6.07) is 6.75. The maximum absolute atomic E-state index is 12.2. The van der Waals surface area contributed by atoms with E-state index in [1.54, 1.807) is 35.8 Å². The van der Waals surface area contributed by atoms with Gasteiger partial charge < -0.3 is 5.32 Å². The molecule has 2 rings (SSSR count). The average molecular weight is 353 g/mol. The first kappa shape index (κ1) is 17.6. The molecule has 2 N–H and O–H groups in total. The second-order valence-corrected chi connectivity index (χ2v) is 7.92. The summed E-state index contributed by atoms with van der Waals surface area (Å²) in [6.07, 6.45) is 1.63. The van der Waals surface area contributed by atoms with Crippen molar-refractivity contribution in [3.63, 3.8) is 0 Å². The summed E-state index contributed by atoms with van der Waals surface area (Å²) in [5.74, 6) is 0.0621. The van der Waals surface area contributed by atoms with Gasteiger partial charge in [0.1, 0.15) is 0 Å². The second-order valence-electron chi connectivity index (χ2n) is 5.26. The number of rotatable bonds is 7. The highest BCUT2D eigenvalue weighted by Crippen LogP contribution is 2.17. The summed E-state index contributed by atoms with van der Waals surface area (Å²) in [6.45, 7) is 4.12. The lowest BCUT2D eigenvalue weighted by Crippen LogP contribution is -2.27. The number of hydrogen-bond donors (Lipinski definition) is 2. The lowest BCUT2D eigenvalue weighted by molar-refractivity contribution is -0.116. The van der Waals surface area contributed by atoms with Crippen LogP contribution in [0.4, 0.5) is 5.13 Å². The van der Waals surface area contributed by atoms with Crippen LogP contribution in [0.5, 0.6) is 0 Å². The fourth-order valence-corrected chi connectivity index (χ4v) is 3.46. The summed E-state index contributed by atoms with van der Waals surface area (Å²) < 4.78 is 26.7. The van der Waals surface area contributed by atoms with E-state index >= 15 is 0 Å².